The Hall–Kier alpha value is -2.56. The van der Waals surface area contributed by atoms with Crippen molar-refractivity contribution in [2.24, 2.45) is 11.8 Å². The highest BCUT2D eigenvalue weighted by Crippen LogP contribution is 2.35. The number of carbonyl (C=O) groups excluding carboxylic acids is 2. The number of hydrogen-bond donors (Lipinski definition) is 0. The van der Waals surface area contributed by atoms with Gasteiger partial charge in [0.1, 0.15) is 11.4 Å². The van der Waals surface area contributed by atoms with Gasteiger partial charge in [-0.05, 0) is 49.8 Å². The van der Waals surface area contributed by atoms with E-state index < -0.39 is 0 Å². The molecule has 0 radical (unpaired) electrons. The molecule has 1 aromatic carbocycles. The van der Waals surface area contributed by atoms with Crippen LogP contribution in [0.2, 0.25) is 0 Å². The average Bonchev–Trinajstić information content (AvgIpc) is 2.86. The van der Waals surface area contributed by atoms with E-state index in [0.29, 0.717) is 23.1 Å². The van der Waals surface area contributed by atoms with Gasteiger partial charge >= 0.3 is 0 Å². The van der Waals surface area contributed by atoms with Crippen LogP contribution in [0.3, 0.4) is 0 Å². The van der Waals surface area contributed by atoms with Gasteiger partial charge in [-0.1, -0.05) is 32.1 Å². The van der Waals surface area contributed by atoms with Gasteiger partial charge in [0.25, 0.3) is 11.8 Å². The molecule has 3 rings (SSSR count). The second-order valence-corrected chi connectivity index (χ2v) is 8.28. The third kappa shape index (κ3) is 3.98. The number of piperidine rings is 1. The molecule has 1 saturated heterocycles. The number of hydrogen-bond acceptors (Lipinski definition) is 4. The van der Waals surface area contributed by atoms with Crippen molar-refractivity contribution in [3.8, 4) is 5.75 Å². The van der Waals surface area contributed by atoms with E-state index in [-0.39, 0.29) is 24.5 Å². The number of ether oxygens (including phenoxy) is 1. The maximum atomic E-state index is 13.1. The number of rotatable bonds is 6. The molecule has 0 aliphatic carbocycles. The first-order valence-corrected chi connectivity index (χ1v) is 10.0. The van der Waals surface area contributed by atoms with E-state index in [1.165, 1.54) is 4.90 Å². The van der Waals surface area contributed by atoms with Crippen molar-refractivity contribution in [1.82, 2.24) is 9.80 Å². The summed E-state index contributed by atoms with van der Waals surface area (Å²) in [6.07, 6.45) is 2.81. The van der Waals surface area contributed by atoms with Gasteiger partial charge in [0, 0.05) is 19.6 Å². The van der Waals surface area contributed by atoms with Gasteiger partial charge in [-0.15, -0.1) is 6.58 Å². The minimum absolute atomic E-state index is 0.0784. The predicted octanol–water partition coefficient (Wildman–Crippen LogP) is 3.72. The Balaban J connectivity index is 2.02. The van der Waals surface area contributed by atoms with Crippen LogP contribution in [0, 0.1) is 11.8 Å². The number of likely N-dealkylation sites (tertiary alicyclic amines) is 1. The van der Waals surface area contributed by atoms with E-state index in [9.17, 15) is 9.59 Å². The van der Waals surface area contributed by atoms with Crippen LogP contribution < -0.4 is 4.74 Å². The topological polar surface area (TPSA) is 49.9 Å². The number of nitrogens with zero attached hydrogens (tertiary/aromatic N) is 2. The van der Waals surface area contributed by atoms with Gasteiger partial charge in [0.15, 0.2) is 0 Å². The van der Waals surface area contributed by atoms with Crippen molar-refractivity contribution < 1.29 is 14.3 Å². The van der Waals surface area contributed by atoms with Crippen LogP contribution >= 0.6 is 0 Å². The lowest BCUT2D eigenvalue weighted by Crippen LogP contribution is -2.41. The Morgan fingerprint density at radius 2 is 1.71 bits per heavy atom. The molecular weight excluding hydrogens is 352 g/mol. The molecule has 0 bridgehead atoms. The number of benzene rings is 1. The second-order valence-electron chi connectivity index (χ2n) is 8.28. The average molecular weight is 383 g/mol. The summed E-state index contributed by atoms with van der Waals surface area (Å²) in [6.45, 7) is 13.8. The lowest BCUT2D eigenvalue weighted by atomic mass is 9.91. The highest BCUT2D eigenvalue weighted by molar-refractivity contribution is 6.35. The largest absolute Gasteiger partial charge is 0.491 e. The number of imide groups is 1. The van der Waals surface area contributed by atoms with Crippen molar-refractivity contribution in [1.29, 1.82) is 0 Å². The molecule has 2 aliphatic rings. The fourth-order valence-electron chi connectivity index (χ4n) is 4.23. The van der Waals surface area contributed by atoms with Crippen LogP contribution in [-0.2, 0) is 9.59 Å². The quantitative estimate of drug-likeness (QED) is 0.556. The molecule has 0 spiro atoms. The lowest BCUT2D eigenvalue weighted by molar-refractivity contribution is -0.137. The first-order valence-electron chi connectivity index (χ1n) is 10.0. The summed E-state index contributed by atoms with van der Waals surface area (Å²) in [5, 5.41) is 0. The van der Waals surface area contributed by atoms with Crippen molar-refractivity contribution in [2.45, 2.75) is 40.2 Å². The Morgan fingerprint density at radius 1 is 1.11 bits per heavy atom. The molecule has 5 heteroatoms. The lowest BCUT2D eigenvalue weighted by Gasteiger charge is -2.37. The number of carbonyl (C=O) groups is 2. The molecule has 0 N–H and O–H groups in total. The van der Waals surface area contributed by atoms with E-state index in [0.717, 1.165) is 30.8 Å². The first-order chi connectivity index (χ1) is 13.3. The monoisotopic (exact) mass is 382 g/mol. The minimum atomic E-state index is -0.247. The van der Waals surface area contributed by atoms with Crippen molar-refractivity contribution in [3.63, 3.8) is 0 Å². The van der Waals surface area contributed by atoms with E-state index in [2.05, 4.69) is 25.3 Å². The second kappa shape index (κ2) is 8.21. The third-order valence-corrected chi connectivity index (χ3v) is 5.16. The molecule has 2 amide bonds. The third-order valence-electron chi connectivity index (χ3n) is 5.16. The SMILES string of the molecule is C=CCN1C(=O)C(c2ccc(OC(C)C)cc2)=C(N2CC(C)CC(C)C2)C1=O. The summed E-state index contributed by atoms with van der Waals surface area (Å²) in [5.41, 5.74) is 1.77. The van der Waals surface area contributed by atoms with Gasteiger partial charge in [0.2, 0.25) is 0 Å². The van der Waals surface area contributed by atoms with Crippen molar-refractivity contribution >= 4 is 17.4 Å². The zero-order valence-electron chi connectivity index (χ0n) is 17.3. The minimum Gasteiger partial charge on any atom is -0.491 e. The molecule has 2 unspecified atom stereocenters. The zero-order valence-corrected chi connectivity index (χ0v) is 17.3. The Kier molecular flexibility index (Phi) is 5.92. The zero-order chi connectivity index (χ0) is 20.4. The van der Waals surface area contributed by atoms with E-state index in [4.69, 9.17) is 4.74 Å². The molecule has 2 atom stereocenters. The van der Waals surface area contributed by atoms with E-state index >= 15 is 0 Å². The van der Waals surface area contributed by atoms with Crippen LogP contribution in [0.1, 0.15) is 39.7 Å². The van der Waals surface area contributed by atoms with Gasteiger partial charge in [0.05, 0.1) is 11.7 Å². The Morgan fingerprint density at radius 3 is 2.25 bits per heavy atom. The van der Waals surface area contributed by atoms with Crippen LogP contribution in [-0.4, -0.2) is 47.4 Å². The molecule has 0 aromatic heterocycles. The van der Waals surface area contributed by atoms with Crippen LogP contribution in [0.4, 0.5) is 0 Å². The summed E-state index contributed by atoms with van der Waals surface area (Å²) in [7, 11) is 0. The van der Waals surface area contributed by atoms with Gasteiger partial charge in [-0.25, -0.2) is 0 Å². The van der Waals surface area contributed by atoms with Crippen LogP contribution in [0.25, 0.3) is 5.57 Å². The molecular formula is C23H30N2O3. The first kappa shape index (κ1) is 20.2. The molecule has 1 aromatic rings. The van der Waals surface area contributed by atoms with Crippen molar-refractivity contribution in [3.05, 3.63) is 48.2 Å². The molecule has 0 saturated carbocycles. The fraction of sp³-hybridized carbons (Fsp3) is 0.478. The summed E-state index contributed by atoms with van der Waals surface area (Å²) in [5.74, 6) is 1.25. The maximum absolute atomic E-state index is 13.1. The molecule has 5 nitrogen and oxygen atoms in total. The van der Waals surface area contributed by atoms with Gasteiger partial charge < -0.3 is 9.64 Å². The Labute approximate surface area is 167 Å². The van der Waals surface area contributed by atoms with E-state index in [1.54, 1.807) is 6.08 Å². The normalized spacial score (nSPS) is 23.0. The smallest absolute Gasteiger partial charge is 0.278 e. The fourth-order valence-corrected chi connectivity index (χ4v) is 4.23. The Bertz CT molecular complexity index is 785. The summed E-state index contributed by atoms with van der Waals surface area (Å²) in [4.78, 5) is 29.7. The standard InChI is InChI=1S/C23H30N2O3/c1-6-11-25-22(26)20(18-7-9-19(10-8-18)28-15(2)3)21(23(25)27)24-13-16(4)12-17(5)14-24/h6-10,15-17H,1,11-14H2,2-5H3. The predicted molar refractivity (Wildman–Crippen MR) is 111 cm³/mol. The van der Waals surface area contributed by atoms with Crippen LogP contribution in [0.15, 0.2) is 42.6 Å². The van der Waals surface area contributed by atoms with E-state index in [1.807, 2.05) is 38.1 Å². The molecule has 150 valence electrons. The summed E-state index contributed by atoms with van der Waals surface area (Å²) in [6, 6.07) is 7.45. The molecule has 2 heterocycles. The highest BCUT2D eigenvalue weighted by Gasteiger charge is 2.42. The number of amides is 2. The molecule has 2 aliphatic heterocycles. The summed E-state index contributed by atoms with van der Waals surface area (Å²) < 4.78 is 5.71. The van der Waals surface area contributed by atoms with Crippen LogP contribution in [0.5, 0.6) is 5.75 Å². The molecule has 28 heavy (non-hydrogen) atoms. The van der Waals surface area contributed by atoms with Gasteiger partial charge in [-0.2, -0.15) is 0 Å². The molecule has 1 fully saturated rings. The highest BCUT2D eigenvalue weighted by atomic mass is 16.5. The van der Waals surface area contributed by atoms with Crippen molar-refractivity contribution in [2.75, 3.05) is 19.6 Å². The van der Waals surface area contributed by atoms with Gasteiger partial charge in [-0.3, -0.25) is 14.5 Å². The summed E-state index contributed by atoms with van der Waals surface area (Å²) >= 11 is 0. The maximum Gasteiger partial charge on any atom is 0.278 e.